The fourth-order valence-electron chi connectivity index (χ4n) is 5.68. The van der Waals surface area contributed by atoms with Crippen LogP contribution in [0.1, 0.15) is 6.92 Å². The summed E-state index contributed by atoms with van der Waals surface area (Å²) in [5.74, 6) is 0.212. The van der Waals surface area contributed by atoms with Crippen molar-refractivity contribution in [3.8, 4) is 0 Å². The number of cyclic esters (lactones) is 1. The average molecular weight is 540 g/mol. The van der Waals surface area contributed by atoms with Crippen molar-refractivity contribution in [3.05, 3.63) is 24.0 Å². The molecule has 3 atom stereocenters. The normalized spacial score (nSPS) is 27.0. The van der Waals surface area contributed by atoms with E-state index in [1.54, 1.807) is 12.1 Å². The molecule has 2 amide bonds. The maximum absolute atomic E-state index is 15.1. The molecule has 11 nitrogen and oxygen atoms in total. The van der Waals surface area contributed by atoms with Crippen molar-refractivity contribution < 1.29 is 31.9 Å². The number of carbonyl (C=O) groups excluding carboxylic acids is 2. The molecular weight excluding hydrogens is 505 g/mol. The Bertz CT molecular complexity index is 1120. The molecule has 5 rings (SSSR count). The minimum absolute atomic E-state index is 0.108. The second-order valence-electron chi connectivity index (χ2n) is 10.2. The highest BCUT2D eigenvalue weighted by molar-refractivity contribution is 7.89. The second-order valence-corrected chi connectivity index (χ2v) is 12.3. The van der Waals surface area contributed by atoms with Gasteiger partial charge in [-0.2, -0.15) is 4.31 Å². The summed E-state index contributed by atoms with van der Waals surface area (Å²) in [6, 6.07) is 4.78. The van der Waals surface area contributed by atoms with E-state index in [0.717, 1.165) is 13.1 Å². The number of morpholine rings is 1. The Balaban J connectivity index is 1.13. The Kier molecular flexibility index (Phi) is 7.57. The fraction of sp³-hybridized carbons (Fsp3) is 0.667. The van der Waals surface area contributed by atoms with Crippen LogP contribution >= 0.6 is 0 Å². The van der Waals surface area contributed by atoms with Crippen LogP contribution in [0.5, 0.6) is 0 Å². The van der Waals surface area contributed by atoms with E-state index in [2.05, 4.69) is 10.2 Å². The fourth-order valence-corrected chi connectivity index (χ4v) is 7.14. The van der Waals surface area contributed by atoms with Crippen molar-refractivity contribution in [2.75, 3.05) is 87.7 Å². The lowest BCUT2D eigenvalue weighted by atomic mass is 10.0. The molecule has 0 radical (unpaired) electrons. The first-order valence-electron chi connectivity index (χ1n) is 12.7. The number of hydrogen-bond acceptors (Lipinski definition) is 8. The Morgan fingerprint density at radius 1 is 1.11 bits per heavy atom. The van der Waals surface area contributed by atoms with Gasteiger partial charge in [0.05, 0.1) is 43.4 Å². The third-order valence-electron chi connectivity index (χ3n) is 7.63. The number of rotatable bonds is 8. The first kappa shape index (κ1) is 26.1. The average Bonchev–Trinajstić information content (AvgIpc) is 3.55. The molecule has 0 aromatic heterocycles. The molecule has 0 bridgehead atoms. The predicted molar refractivity (Wildman–Crippen MR) is 135 cm³/mol. The lowest BCUT2D eigenvalue weighted by molar-refractivity contribution is -0.119. The Labute approximate surface area is 216 Å². The van der Waals surface area contributed by atoms with Crippen LogP contribution < -0.4 is 15.1 Å². The third-order valence-corrected chi connectivity index (χ3v) is 9.48. The highest BCUT2D eigenvalue weighted by Gasteiger charge is 2.41. The summed E-state index contributed by atoms with van der Waals surface area (Å²) in [6.45, 7) is 7.10. The molecule has 1 aromatic carbocycles. The summed E-state index contributed by atoms with van der Waals surface area (Å²) < 4.78 is 52.5. The molecule has 204 valence electrons. The molecule has 4 aliphatic heterocycles. The van der Waals surface area contributed by atoms with Crippen LogP contribution in [0.15, 0.2) is 18.2 Å². The van der Waals surface area contributed by atoms with E-state index < -0.39 is 28.0 Å². The van der Waals surface area contributed by atoms with Crippen LogP contribution in [0.3, 0.4) is 0 Å². The third kappa shape index (κ3) is 5.84. The van der Waals surface area contributed by atoms with Gasteiger partial charge in [-0.15, -0.1) is 0 Å². The van der Waals surface area contributed by atoms with E-state index in [-0.39, 0.29) is 24.7 Å². The molecule has 4 saturated heterocycles. The number of nitrogens with one attached hydrogen (secondary N) is 1. The maximum Gasteiger partial charge on any atom is 0.414 e. The number of fused-ring (bicyclic) bond motifs is 1. The summed E-state index contributed by atoms with van der Waals surface area (Å²) in [4.78, 5) is 29.0. The van der Waals surface area contributed by atoms with E-state index in [1.165, 1.54) is 22.2 Å². The van der Waals surface area contributed by atoms with Gasteiger partial charge in [-0.1, -0.05) is 0 Å². The quantitative estimate of drug-likeness (QED) is 0.503. The lowest BCUT2D eigenvalue weighted by Gasteiger charge is -2.27. The van der Waals surface area contributed by atoms with Crippen LogP contribution in [0.2, 0.25) is 0 Å². The smallest absolute Gasteiger partial charge is 0.414 e. The predicted octanol–water partition coefficient (Wildman–Crippen LogP) is 0.317. The monoisotopic (exact) mass is 539 g/mol. The van der Waals surface area contributed by atoms with E-state index >= 15 is 4.39 Å². The van der Waals surface area contributed by atoms with Crippen molar-refractivity contribution in [2.45, 2.75) is 13.0 Å². The Morgan fingerprint density at radius 2 is 1.81 bits per heavy atom. The van der Waals surface area contributed by atoms with Crippen molar-refractivity contribution in [1.82, 2.24) is 14.5 Å². The van der Waals surface area contributed by atoms with Crippen molar-refractivity contribution >= 4 is 33.4 Å². The Hall–Kier alpha value is -2.48. The van der Waals surface area contributed by atoms with Gasteiger partial charge < -0.3 is 24.6 Å². The molecule has 3 unspecified atom stereocenters. The van der Waals surface area contributed by atoms with E-state index in [0.29, 0.717) is 69.1 Å². The van der Waals surface area contributed by atoms with Gasteiger partial charge in [-0.25, -0.2) is 17.6 Å². The molecule has 4 aliphatic rings. The summed E-state index contributed by atoms with van der Waals surface area (Å²) in [7, 11) is -3.28. The first-order valence-corrected chi connectivity index (χ1v) is 14.4. The van der Waals surface area contributed by atoms with E-state index in [4.69, 9.17) is 9.47 Å². The second kappa shape index (κ2) is 10.7. The SMILES string of the molecule is CC(=O)NCC1CN(c2ccc(N3CC4CN(CCS(=O)(=O)N5CCOCC5)CC4C3)c(F)c2)C(=O)O1. The van der Waals surface area contributed by atoms with Gasteiger partial charge in [0.25, 0.3) is 0 Å². The summed E-state index contributed by atoms with van der Waals surface area (Å²) >= 11 is 0. The zero-order valence-electron chi connectivity index (χ0n) is 21.0. The number of anilines is 2. The first-order chi connectivity index (χ1) is 17.7. The summed E-state index contributed by atoms with van der Waals surface area (Å²) in [5, 5.41) is 2.63. The molecule has 0 aliphatic carbocycles. The number of likely N-dealkylation sites (tertiary alicyclic amines) is 1. The number of nitrogens with zero attached hydrogens (tertiary/aromatic N) is 4. The maximum atomic E-state index is 15.1. The molecule has 37 heavy (non-hydrogen) atoms. The molecule has 1 aromatic rings. The summed E-state index contributed by atoms with van der Waals surface area (Å²) in [6.07, 6.45) is -1.04. The zero-order valence-corrected chi connectivity index (χ0v) is 21.8. The van der Waals surface area contributed by atoms with Gasteiger partial charge in [-0.3, -0.25) is 9.69 Å². The number of amides is 2. The van der Waals surface area contributed by atoms with Crippen LogP contribution in [0, 0.1) is 17.7 Å². The molecular formula is C24H34FN5O6S. The highest BCUT2D eigenvalue weighted by Crippen LogP contribution is 2.36. The minimum Gasteiger partial charge on any atom is -0.442 e. The number of benzene rings is 1. The standard InChI is InChI=1S/C24H34FN5O6S/c1-17(31)26-11-21-16-30(24(32)36-21)20-2-3-23(22(25)10-20)28-14-18-12-27(13-19(18)15-28)6-9-37(33,34)29-4-7-35-8-5-29/h2-3,10,18-19,21H,4-9,11-16H2,1H3,(H,26,31). The van der Waals surface area contributed by atoms with Crippen LogP contribution in [-0.4, -0.2) is 114 Å². The zero-order chi connectivity index (χ0) is 26.2. The van der Waals surface area contributed by atoms with Gasteiger partial charge >= 0.3 is 6.09 Å². The van der Waals surface area contributed by atoms with Crippen LogP contribution in [0.25, 0.3) is 0 Å². The van der Waals surface area contributed by atoms with Gasteiger partial charge in [0.1, 0.15) is 11.9 Å². The largest absolute Gasteiger partial charge is 0.442 e. The number of halogens is 1. The van der Waals surface area contributed by atoms with Crippen molar-refractivity contribution in [1.29, 1.82) is 0 Å². The Morgan fingerprint density at radius 3 is 2.46 bits per heavy atom. The van der Waals surface area contributed by atoms with E-state index in [1.807, 2.05) is 4.90 Å². The highest BCUT2D eigenvalue weighted by atomic mass is 32.2. The number of ether oxygens (including phenoxy) is 2. The van der Waals surface area contributed by atoms with Crippen molar-refractivity contribution in [2.24, 2.45) is 11.8 Å². The van der Waals surface area contributed by atoms with Crippen molar-refractivity contribution in [3.63, 3.8) is 0 Å². The molecule has 13 heteroatoms. The number of carbonyl (C=O) groups is 2. The number of sulfonamides is 1. The molecule has 4 heterocycles. The van der Waals surface area contributed by atoms with E-state index in [9.17, 15) is 18.0 Å². The molecule has 0 spiro atoms. The van der Waals surface area contributed by atoms with Gasteiger partial charge in [0.2, 0.25) is 15.9 Å². The number of hydrogen-bond donors (Lipinski definition) is 1. The molecule has 4 fully saturated rings. The van der Waals surface area contributed by atoms with Crippen LogP contribution in [0.4, 0.5) is 20.6 Å². The lowest BCUT2D eigenvalue weighted by Crippen LogP contribution is -2.43. The van der Waals surface area contributed by atoms with Gasteiger partial charge in [0.15, 0.2) is 0 Å². The van der Waals surface area contributed by atoms with Gasteiger partial charge in [-0.05, 0) is 30.0 Å². The molecule has 1 N–H and O–H groups in total. The van der Waals surface area contributed by atoms with Crippen LogP contribution in [-0.2, 0) is 24.3 Å². The minimum atomic E-state index is -3.28. The topological polar surface area (TPSA) is 112 Å². The van der Waals surface area contributed by atoms with Gasteiger partial charge in [0, 0.05) is 52.7 Å². The molecule has 0 saturated carbocycles. The summed E-state index contributed by atoms with van der Waals surface area (Å²) in [5.41, 5.74) is 0.922.